The molecule has 0 N–H and O–H groups in total. The van der Waals surface area contributed by atoms with Crippen molar-refractivity contribution in [3.8, 4) is 0 Å². The average molecular weight is 379 g/mol. The van der Waals surface area contributed by atoms with Crippen LogP contribution in [0.25, 0.3) is 5.57 Å². The summed E-state index contributed by atoms with van der Waals surface area (Å²) in [6, 6.07) is 28.1. The maximum Gasteiger partial charge on any atom is 0.0269 e. The van der Waals surface area contributed by atoms with Crippen LogP contribution >= 0.6 is 23.4 Å². The molecule has 0 aromatic heterocycles. The van der Waals surface area contributed by atoms with Crippen LogP contribution < -0.4 is 0 Å². The van der Waals surface area contributed by atoms with Crippen molar-refractivity contribution in [3.63, 3.8) is 0 Å². The van der Waals surface area contributed by atoms with E-state index in [0.29, 0.717) is 5.88 Å². The Balaban J connectivity index is 2.15. The summed E-state index contributed by atoms with van der Waals surface area (Å²) < 4.78 is 0. The molecule has 0 atom stereocenters. The number of aryl methyl sites for hydroxylation is 2. The lowest BCUT2D eigenvalue weighted by molar-refractivity contribution is 1.20. The van der Waals surface area contributed by atoms with Gasteiger partial charge in [-0.1, -0.05) is 89.6 Å². The maximum absolute atomic E-state index is 6.18. The monoisotopic (exact) mass is 378 g/mol. The van der Waals surface area contributed by atoms with Crippen molar-refractivity contribution >= 4 is 28.9 Å². The van der Waals surface area contributed by atoms with Gasteiger partial charge in [0.05, 0.1) is 0 Å². The fourth-order valence-corrected chi connectivity index (χ4v) is 4.29. The SMILES string of the molecule is Cc1ccc(C(=C(CCCl)Sc2ccccc2)c2ccc(C)cc2)cc1. The van der Waals surface area contributed by atoms with E-state index < -0.39 is 0 Å². The lowest BCUT2D eigenvalue weighted by Crippen LogP contribution is -1.95. The van der Waals surface area contributed by atoms with Crippen molar-refractivity contribution in [3.05, 3.63) is 106 Å². The van der Waals surface area contributed by atoms with E-state index in [4.69, 9.17) is 11.6 Å². The Morgan fingerprint density at radius 1 is 0.731 bits per heavy atom. The van der Waals surface area contributed by atoms with Gasteiger partial charge in [0, 0.05) is 10.8 Å². The second-order valence-electron chi connectivity index (χ2n) is 6.38. The third-order valence-electron chi connectivity index (χ3n) is 4.27. The van der Waals surface area contributed by atoms with Gasteiger partial charge in [0.15, 0.2) is 0 Å². The van der Waals surface area contributed by atoms with E-state index in [1.54, 1.807) is 0 Å². The van der Waals surface area contributed by atoms with Crippen LogP contribution in [-0.4, -0.2) is 5.88 Å². The summed E-state index contributed by atoms with van der Waals surface area (Å²) in [6.07, 6.45) is 0.845. The zero-order valence-corrected chi connectivity index (χ0v) is 16.8. The second-order valence-corrected chi connectivity index (χ2v) is 7.93. The summed E-state index contributed by atoms with van der Waals surface area (Å²) in [5.41, 5.74) is 6.30. The summed E-state index contributed by atoms with van der Waals surface area (Å²) in [5.74, 6) is 0.608. The molecule has 0 radical (unpaired) electrons. The van der Waals surface area contributed by atoms with Crippen LogP contribution in [0.2, 0.25) is 0 Å². The summed E-state index contributed by atoms with van der Waals surface area (Å²) in [4.78, 5) is 2.54. The molecular weight excluding hydrogens is 356 g/mol. The van der Waals surface area contributed by atoms with Crippen molar-refractivity contribution in [2.24, 2.45) is 0 Å². The molecule has 0 spiro atoms. The van der Waals surface area contributed by atoms with E-state index in [9.17, 15) is 0 Å². The predicted molar refractivity (Wildman–Crippen MR) is 116 cm³/mol. The van der Waals surface area contributed by atoms with Gasteiger partial charge in [-0.15, -0.1) is 11.6 Å². The zero-order valence-electron chi connectivity index (χ0n) is 15.2. The van der Waals surface area contributed by atoms with Gasteiger partial charge in [0.2, 0.25) is 0 Å². The Labute approximate surface area is 165 Å². The summed E-state index contributed by atoms with van der Waals surface area (Å²) in [6.45, 7) is 4.24. The smallest absolute Gasteiger partial charge is 0.0269 e. The van der Waals surface area contributed by atoms with Crippen LogP contribution in [0.15, 0.2) is 88.7 Å². The first-order chi connectivity index (χ1) is 12.7. The van der Waals surface area contributed by atoms with E-state index in [2.05, 4.69) is 92.7 Å². The molecule has 2 heteroatoms. The van der Waals surface area contributed by atoms with Gasteiger partial charge in [-0.2, -0.15) is 0 Å². The topological polar surface area (TPSA) is 0 Å². The van der Waals surface area contributed by atoms with Gasteiger partial charge >= 0.3 is 0 Å². The Kier molecular flexibility index (Phi) is 6.60. The molecule has 0 aliphatic heterocycles. The van der Waals surface area contributed by atoms with Crippen LogP contribution in [-0.2, 0) is 0 Å². The van der Waals surface area contributed by atoms with Crippen molar-refractivity contribution < 1.29 is 0 Å². The Morgan fingerprint density at radius 2 is 1.23 bits per heavy atom. The molecule has 0 nitrogen and oxygen atoms in total. The van der Waals surface area contributed by atoms with Crippen molar-refractivity contribution in [1.82, 2.24) is 0 Å². The van der Waals surface area contributed by atoms with Crippen molar-refractivity contribution in [1.29, 1.82) is 0 Å². The van der Waals surface area contributed by atoms with Gasteiger partial charge in [-0.05, 0) is 54.0 Å². The number of halogens is 1. The third-order valence-corrected chi connectivity index (χ3v) is 5.62. The van der Waals surface area contributed by atoms with Gasteiger partial charge < -0.3 is 0 Å². The number of alkyl halides is 1. The standard InChI is InChI=1S/C24H23ClS/c1-18-8-12-20(13-9-18)24(21-14-10-19(2)11-15-21)23(16-17-25)26-22-6-4-3-5-7-22/h3-15H,16-17H2,1-2H3. The molecule has 0 saturated heterocycles. The quantitative estimate of drug-likeness (QED) is 0.316. The summed E-state index contributed by atoms with van der Waals surface area (Å²) in [7, 11) is 0. The van der Waals surface area contributed by atoms with E-state index in [0.717, 1.165) is 6.42 Å². The first-order valence-corrected chi connectivity index (χ1v) is 10.2. The molecule has 3 rings (SSSR count). The first-order valence-electron chi connectivity index (χ1n) is 8.83. The fourth-order valence-electron chi connectivity index (χ4n) is 2.87. The van der Waals surface area contributed by atoms with Crippen LogP contribution in [0.5, 0.6) is 0 Å². The van der Waals surface area contributed by atoms with E-state index in [1.165, 1.54) is 37.6 Å². The van der Waals surface area contributed by atoms with Crippen molar-refractivity contribution in [2.45, 2.75) is 25.2 Å². The minimum Gasteiger partial charge on any atom is -0.126 e. The van der Waals surface area contributed by atoms with Crippen molar-refractivity contribution in [2.75, 3.05) is 5.88 Å². The largest absolute Gasteiger partial charge is 0.126 e. The number of thioether (sulfide) groups is 1. The molecular formula is C24H23ClS. The Bertz CT molecular complexity index is 815. The van der Waals surface area contributed by atoms with E-state index >= 15 is 0 Å². The fraction of sp³-hybridized carbons (Fsp3) is 0.167. The third kappa shape index (κ3) is 4.81. The number of rotatable bonds is 6. The average Bonchev–Trinajstić information content (AvgIpc) is 2.66. The van der Waals surface area contributed by atoms with E-state index in [1.807, 2.05) is 11.8 Å². The first kappa shape index (κ1) is 18.8. The normalized spacial score (nSPS) is 10.6. The highest BCUT2D eigenvalue weighted by molar-refractivity contribution is 8.03. The molecule has 0 heterocycles. The molecule has 0 amide bonds. The molecule has 3 aromatic carbocycles. The van der Waals surface area contributed by atoms with Gasteiger partial charge in [0.1, 0.15) is 0 Å². The molecule has 26 heavy (non-hydrogen) atoms. The molecule has 3 aromatic rings. The van der Waals surface area contributed by atoms with Gasteiger partial charge in [-0.25, -0.2) is 0 Å². The maximum atomic E-state index is 6.18. The van der Waals surface area contributed by atoms with Crippen LogP contribution in [0.3, 0.4) is 0 Å². The van der Waals surface area contributed by atoms with E-state index in [-0.39, 0.29) is 0 Å². The molecule has 0 aliphatic carbocycles. The summed E-state index contributed by atoms with van der Waals surface area (Å²) in [5, 5.41) is 0. The lowest BCUT2D eigenvalue weighted by atomic mass is 9.95. The van der Waals surface area contributed by atoms with Gasteiger partial charge in [-0.3, -0.25) is 0 Å². The van der Waals surface area contributed by atoms with Crippen LogP contribution in [0.1, 0.15) is 28.7 Å². The molecule has 0 bridgehead atoms. The zero-order chi connectivity index (χ0) is 18.4. The van der Waals surface area contributed by atoms with Crippen LogP contribution in [0, 0.1) is 13.8 Å². The minimum atomic E-state index is 0.608. The minimum absolute atomic E-state index is 0.608. The molecule has 132 valence electrons. The highest BCUT2D eigenvalue weighted by Crippen LogP contribution is 2.38. The number of benzene rings is 3. The molecule has 0 unspecified atom stereocenters. The number of allylic oxidation sites excluding steroid dienone is 1. The predicted octanol–water partition coefficient (Wildman–Crippen LogP) is 7.48. The Morgan fingerprint density at radius 3 is 1.69 bits per heavy atom. The molecule has 0 fully saturated rings. The Hall–Kier alpha value is -1.96. The number of hydrogen-bond acceptors (Lipinski definition) is 1. The lowest BCUT2D eigenvalue weighted by Gasteiger charge is -2.16. The van der Waals surface area contributed by atoms with Crippen LogP contribution in [0.4, 0.5) is 0 Å². The summed E-state index contributed by atoms with van der Waals surface area (Å²) >= 11 is 8.00. The number of hydrogen-bond donors (Lipinski definition) is 0. The highest BCUT2D eigenvalue weighted by Gasteiger charge is 2.13. The molecule has 0 saturated carbocycles. The molecule has 0 aliphatic rings. The van der Waals surface area contributed by atoms with Gasteiger partial charge in [0.25, 0.3) is 0 Å². The highest BCUT2D eigenvalue weighted by atomic mass is 35.5. The second kappa shape index (κ2) is 9.12.